The van der Waals surface area contributed by atoms with E-state index in [-0.39, 0.29) is 5.75 Å². The molecule has 25 heavy (non-hydrogen) atoms. The number of para-hydroxylation sites is 1. The molecule has 1 N–H and O–H groups in total. The van der Waals surface area contributed by atoms with Crippen LogP contribution in [-0.2, 0) is 22.7 Å². The molecule has 0 aliphatic carbocycles. The van der Waals surface area contributed by atoms with E-state index in [1.807, 2.05) is 60.7 Å². The van der Waals surface area contributed by atoms with Crippen LogP contribution >= 0.6 is 0 Å². The number of phenols is 1. The van der Waals surface area contributed by atoms with Crippen LogP contribution < -0.4 is 0 Å². The molecule has 0 saturated carbocycles. The maximum Gasteiger partial charge on any atom is 0.118 e. The van der Waals surface area contributed by atoms with Gasteiger partial charge in [-0.05, 0) is 42.3 Å². The van der Waals surface area contributed by atoms with E-state index in [0.29, 0.717) is 23.6 Å². The highest BCUT2D eigenvalue weighted by molar-refractivity contribution is 7.93. The Morgan fingerprint density at radius 1 is 0.920 bits per heavy atom. The maximum absolute atomic E-state index is 13.6. The lowest BCUT2D eigenvalue weighted by atomic mass is 10.1. The zero-order valence-electron chi connectivity index (χ0n) is 13.8. The molecule has 3 aromatic rings. The van der Waals surface area contributed by atoms with Crippen molar-refractivity contribution in [1.29, 1.82) is 0 Å². The summed E-state index contributed by atoms with van der Waals surface area (Å²) in [4.78, 5) is 4.96. The fourth-order valence-corrected chi connectivity index (χ4v) is 4.46. The number of aryl methyl sites for hydroxylation is 1. The predicted molar refractivity (Wildman–Crippen MR) is 99.9 cm³/mol. The van der Waals surface area contributed by atoms with E-state index in [4.69, 9.17) is 0 Å². The number of phenolic OH excluding ortho intramolecular Hbond substituents is 1. The Morgan fingerprint density at radius 2 is 1.64 bits per heavy atom. The van der Waals surface area contributed by atoms with Crippen LogP contribution in [-0.4, -0.2) is 20.1 Å². The third kappa shape index (κ3) is 4.45. The van der Waals surface area contributed by atoms with Gasteiger partial charge in [0.2, 0.25) is 0 Å². The van der Waals surface area contributed by atoms with Gasteiger partial charge in [0.25, 0.3) is 0 Å². The first-order valence-corrected chi connectivity index (χ1v) is 9.78. The van der Waals surface area contributed by atoms with Crippen molar-refractivity contribution in [1.82, 2.24) is 4.98 Å². The molecule has 0 fully saturated rings. The second kappa shape index (κ2) is 7.94. The smallest absolute Gasteiger partial charge is 0.118 e. The highest BCUT2D eigenvalue weighted by atomic mass is 32.2. The molecule has 0 amide bonds. The van der Waals surface area contributed by atoms with Gasteiger partial charge in [0.15, 0.2) is 0 Å². The van der Waals surface area contributed by atoms with E-state index in [2.05, 4.69) is 9.35 Å². The van der Waals surface area contributed by atoms with E-state index in [9.17, 15) is 9.32 Å². The van der Waals surface area contributed by atoms with Gasteiger partial charge in [-0.15, -0.1) is 0 Å². The number of rotatable bonds is 6. The molecule has 128 valence electrons. The average Bonchev–Trinajstić information content (AvgIpc) is 2.67. The highest BCUT2D eigenvalue weighted by Gasteiger charge is 2.14. The van der Waals surface area contributed by atoms with Crippen LogP contribution in [0.1, 0.15) is 11.3 Å². The topological polar surface area (TPSA) is 62.5 Å². The molecule has 1 atom stereocenters. The van der Waals surface area contributed by atoms with Crippen molar-refractivity contribution in [3.8, 4) is 5.75 Å². The number of benzene rings is 2. The van der Waals surface area contributed by atoms with Crippen molar-refractivity contribution >= 4 is 9.73 Å². The molecular weight excluding hydrogens is 332 g/mol. The summed E-state index contributed by atoms with van der Waals surface area (Å²) < 4.78 is 18.1. The molecule has 0 saturated heterocycles. The largest absolute Gasteiger partial charge is 0.508 e. The van der Waals surface area contributed by atoms with Gasteiger partial charge in [-0.1, -0.05) is 42.5 Å². The third-order valence-corrected chi connectivity index (χ3v) is 6.22. The standard InChI is InChI=1S/C20H20N2O2S/c23-20-12-5-4-8-17(20)13-15-25(24,19-10-2-1-3-11-19)22-16-18-9-6-7-14-21-18/h1-12,14,23H,13,15-16H2/t25-/m0/s1. The molecule has 5 heteroatoms. The normalized spacial score (nSPS) is 13.1. The Bertz CT molecular complexity index is 934. The molecule has 3 rings (SSSR count). The fourth-order valence-electron chi connectivity index (χ4n) is 2.52. The number of pyridine rings is 1. The second-order valence-electron chi connectivity index (χ2n) is 5.64. The van der Waals surface area contributed by atoms with Crippen molar-refractivity contribution in [2.45, 2.75) is 17.9 Å². The summed E-state index contributed by atoms with van der Waals surface area (Å²) in [5.74, 6) is 0.573. The van der Waals surface area contributed by atoms with Gasteiger partial charge in [0.05, 0.1) is 22.0 Å². The van der Waals surface area contributed by atoms with E-state index < -0.39 is 9.73 Å². The van der Waals surface area contributed by atoms with Gasteiger partial charge < -0.3 is 5.11 Å². The molecule has 0 aliphatic rings. The summed E-state index contributed by atoms with van der Waals surface area (Å²) in [5, 5.41) is 9.95. The van der Waals surface area contributed by atoms with E-state index in [1.54, 1.807) is 18.3 Å². The molecule has 1 heterocycles. The third-order valence-electron chi connectivity index (χ3n) is 3.91. The summed E-state index contributed by atoms with van der Waals surface area (Å²) in [6.07, 6.45) is 2.20. The zero-order valence-corrected chi connectivity index (χ0v) is 14.6. The van der Waals surface area contributed by atoms with Gasteiger partial charge in [0.1, 0.15) is 5.75 Å². The van der Waals surface area contributed by atoms with E-state index >= 15 is 0 Å². The van der Waals surface area contributed by atoms with Crippen LogP contribution in [0.15, 0.2) is 88.3 Å². The lowest BCUT2D eigenvalue weighted by Gasteiger charge is -2.11. The molecule has 0 bridgehead atoms. The van der Waals surface area contributed by atoms with Crippen molar-refractivity contribution in [3.05, 3.63) is 90.3 Å². The Balaban J connectivity index is 1.90. The van der Waals surface area contributed by atoms with E-state index in [1.165, 1.54) is 0 Å². The molecule has 0 radical (unpaired) electrons. The second-order valence-corrected chi connectivity index (χ2v) is 8.06. The van der Waals surface area contributed by atoms with Crippen LogP contribution in [0.3, 0.4) is 0 Å². The zero-order chi connectivity index (χ0) is 17.5. The molecule has 0 spiro atoms. The van der Waals surface area contributed by atoms with Gasteiger partial charge in [-0.2, -0.15) is 0 Å². The molecule has 4 nitrogen and oxygen atoms in total. The summed E-state index contributed by atoms with van der Waals surface area (Å²) in [5.41, 5.74) is 1.56. The molecule has 0 unspecified atom stereocenters. The number of nitrogens with zero attached hydrogens (tertiary/aromatic N) is 2. The Kier molecular flexibility index (Phi) is 5.46. The monoisotopic (exact) mass is 352 g/mol. The van der Waals surface area contributed by atoms with Crippen molar-refractivity contribution < 1.29 is 9.32 Å². The van der Waals surface area contributed by atoms with Crippen molar-refractivity contribution in [3.63, 3.8) is 0 Å². The average molecular weight is 352 g/mol. The van der Waals surface area contributed by atoms with Crippen LogP contribution in [0, 0.1) is 0 Å². The predicted octanol–water partition coefficient (Wildman–Crippen LogP) is 4.06. The molecular formula is C20H20N2O2S. The van der Waals surface area contributed by atoms with Crippen LogP contribution in [0.2, 0.25) is 0 Å². The SMILES string of the molecule is O=[S@](CCc1ccccc1O)(=NCc1ccccn1)c1ccccc1. The molecule has 0 aliphatic heterocycles. The van der Waals surface area contributed by atoms with Gasteiger partial charge in [0, 0.05) is 16.8 Å². The number of hydrogen-bond acceptors (Lipinski definition) is 4. The van der Waals surface area contributed by atoms with Crippen LogP contribution in [0.5, 0.6) is 5.75 Å². The van der Waals surface area contributed by atoms with Crippen molar-refractivity contribution in [2.75, 3.05) is 5.75 Å². The Hall–Kier alpha value is -2.66. The minimum absolute atomic E-state index is 0.224. The van der Waals surface area contributed by atoms with Crippen molar-refractivity contribution in [2.24, 2.45) is 4.36 Å². The summed E-state index contributed by atoms with van der Waals surface area (Å²) in [6, 6.07) is 22.1. The highest BCUT2D eigenvalue weighted by Crippen LogP contribution is 2.21. The summed E-state index contributed by atoms with van der Waals surface area (Å²) in [6.45, 7) is 0.301. The maximum atomic E-state index is 13.6. The first kappa shape index (κ1) is 17.2. The van der Waals surface area contributed by atoms with Crippen LogP contribution in [0.25, 0.3) is 0 Å². The lowest BCUT2D eigenvalue weighted by Crippen LogP contribution is -2.10. The van der Waals surface area contributed by atoms with E-state index in [0.717, 1.165) is 11.3 Å². The quantitative estimate of drug-likeness (QED) is 0.728. The minimum atomic E-state index is -2.61. The summed E-state index contributed by atoms with van der Waals surface area (Å²) in [7, 11) is -2.61. The number of aromatic hydroxyl groups is 1. The molecule has 2 aromatic carbocycles. The molecule has 1 aromatic heterocycles. The first-order chi connectivity index (χ1) is 12.2. The Morgan fingerprint density at radius 3 is 2.36 bits per heavy atom. The Labute approximate surface area is 148 Å². The first-order valence-electron chi connectivity index (χ1n) is 8.10. The lowest BCUT2D eigenvalue weighted by molar-refractivity contribution is 0.469. The summed E-state index contributed by atoms with van der Waals surface area (Å²) >= 11 is 0. The van der Waals surface area contributed by atoms with Gasteiger partial charge in [-0.25, -0.2) is 8.57 Å². The minimum Gasteiger partial charge on any atom is -0.508 e. The van der Waals surface area contributed by atoms with Gasteiger partial charge >= 0.3 is 0 Å². The van der Waals surface area contributed by atoms with Crippen LogP contribution in [0.4, 0.5) is 0 Å². The van der Waals surface area contributed by atoms with Gasteiger partial charge in [-0.3, -0.25) is 4.98 Å². The number of aromatic nitrogens is 1. The fraction of sp³-hybridized carbons (Fsp3) is 0.150. The number of hydrogen-bond donors (Lipinski definition) is 1.